The van der Waals surface area contributed by atoms with E-state index in [9.17, 15) is 0 Å². The van der Waals surface area contributed by atoms with Crippen LogP contribution in [0.4, 0.5) is 5.69 Å². The normalized spacial score (nSPS) is 15.6. The number of aromatic nitrogens is 2. The fourth-order valence-corrected chi connectivity index (χ4v) is 1.87. The predicted octanol–water partition coefficient (Wildman–Crippen LogP) is 1.43. The van der Waals surface area contributed by atoms with E-state index in [1.54, 1.807) is 0 Å². The highest BCUT2D eigenvalue weighted by Crippen LogP contribution is 2.23. The molecule has 1 aliphatic rings. The van der Waals surface area contributed by atoms with Crippen molar-refractivity contribution in [1.82, 2.24) is 15.5 Å². The van der Waals surface area contributed by atoms with E-state index in [4.69, 9.17) is 4.42 Å². The van der Waals surface area contributed by atoms with Crippen LogP contribution in [0.2, 0.25) is 0 Å². The molecule has 0 bridgehead atoms. The van der Waals surface area contributed by atoms with Gasteiger partial charge in [0.05, 0.1) is 6.04 Å². The molecule has 0 spiro atoms. The second-order valence-electron chi connectivity index (χ2n) is 4.27. The van der Waals surface area contributed by atoms with Crippen LogP contribution in [0.5, 0.6) is 0 Å². The van der Waals surface area contributed by atoms with Crippen molar-refractivity contribution in [2.45, 2.75) is 13.0 Å². The number of rotatable bonds is 3. The van der Waals surface area contributed by atoms with E-state index in [1.165, 1.54) is 17.6 Å². The van der Waals surface area contributed by atoms with Gasteiger partial charge in [-0.05, 0) is 30.7 Å². The Bertz CT molecular complexity index is 505. The van der Waals surface area contributed by atoms with Crippen molar-refractivity contribution in [3.8, 4) is 11.5 Å². The zero-order valence-electron chi connectivity index (χ0n) is 9.60. The van der Waals surface area contributed by atoms with Gasteiger partial charge in [0.15, 0.2) is 0 Å². The predicted molar refractivity (Wildman–Crippen MR) is 64.8 cm³/mol. The van der Waals surface area contributed by atoms with E-state index in [0.717, 1.165) is 18.7 Å². The van der Waals surface area contributed by atoms with Crippen LogP contribution in [0, 0.1) is 6.92 Å². The Morgan fingerprint density at radius 1 is 1.41 bits per heavy atom. The van der Waals surface area contributed by atoms with Gasteiger partial charge in [-0.1, -0.05) is 0 Å². The fraction of sp³-hybridized carbons (Fsp3) is 0.333. The van der Waals surface area contributed by atoms with Crippen LogP contribution in [0.3, 0.4) is 0 Å². The van der Waals surface area contributed by atoms with Crippen LogP contribution in [0.25, 0.3) is 11.5 Å². The average molecular weight is 230 g/mol. The highest BCUT2D eigenvalue weighted by atomic mass is 16.4. The van der Waals surface area contributed by atoms with Gasteiger partial charge in [0.2, 0.25) is 12.3 Å². The van der Waals surface area contributed by atoms with Crippen LogP contribution in [-0.2, 0) is 0 Å². The maximum absolute atomic E-state index is 5.18. The van der Waals surface area contributed by atoms with Crippen molar-refractivity contribution in [3.05, 3.63) is 30.2 Å². The average Bonchev–Trinajstić information content (AvgIpc) is 2.78. The van der Waals surface area contributed by atoms with Crippen molar-refractivity contribution < 1.29 is 4.42 Å². The molecule has 0 aliphatic carbocycles. The van der Waals surface area contributed by atoms with Gasteiger partial charge >= 0.3 is 0 Å². The first-order valence-corrected chi connectivity index (χ1v) is 5.67. The number of benzene rings is 1. The molecule has 5 nitrogen and oxygen atoms in total. The molecular formula is C12H14N4O. The summed E-state index contributed by atoms with van der Waals surface area (Å²) in [6, 6.07) is 6.66. The Labute approximate surface area is 99.2 Å². The summed E-state index contributed by atoms with van der Waals surface area (Å²) < 4.78 is 5.18. The van der Waals surface area contributed by atoms with Crippen molar-refractivity contribution in [2.24, 2.45) is 0 Å². The minimum Gasteiger partial charge on any atom is -0.423 e. The third kappa shape index (κ3) is 2.01. The summed E-state index contributed by atoms with van der Waals surface area (Å²) in [7, 11) is 0. The molecule has 1 aromatic heterocycles. The maximum atomic E-state index is 5.18. The van der Waals surface area contributed by atoms with Crippen LogP contribution >= 0.6 is 0 Å². The molecule has 1 aromatic carbocycles. The van der Waals surface area contributed by atoms with Crippen LogP contribution in [0.15, 0.2) is 29.0 Å². The Morgan fingerprint density at radius 3 is 2.88 bits per heavy atom. The summed E-state index contributed by atoms with van der Waals surface area (Å²) in [5.74, 6) is 0.560. The summed E-state index contributed by atoms with van der Waals surface area (Å²) in [6.07, 6.45) is 1.34. The second kappa shape index (κ2) is 4.18. The molecule has 88 valence electrons. The highest BCUT2D eigenvalue weighted by Gasteiger charge is 2.17. The molecule has 3 rings (SSSR count). The minimum absolute atomic E-state index is 0.544. The van der Waals surface area contributed by atoms with Crippen LogP contribution in [-0.4, -0.2) is 29.3 Å². The van der Waals surface area contributed by atoms with E-state index < -0.39 is 0 Å². The first-order valence-electron chi connectivity index (χ1n) is 5.67. The van der Waals surface area contributed by atoms with E-state index in [0.29, 0.717) is 11.9 Å². The Kier molecular flexibility index (Phi) is 2.53. The number of anilines is 1. The van der Waals surface area contributed by atoms with E-state index in [-0.39, 0.29) is 0 Å². The summed E-state index contributed by atoms with van der Waals surface area (Å²) in [4.78, 5) is 0. The lowest BCUT2D eigenvalue weighted by atomic mass is 10.1. The monoisotopic (exact) mass is 230 g/mol. The largest absolute Gasteiger partial charge is 0.423 e. The zero-order chi connectivity index (χ0) is 11.7. The Hall–Kier alpha value is -1.88. The highest BCUT2D eigenvalue weighted by molar-refractivity contribution is 5.62. The van der Waals surface area contributed by atoms with E-state index in [2.05, 4.69) is 39.9 Å². The molecule has 17 heavy (non-hydrogen) atoms. The van der Waals surface area contributed by atoms with E-state index >= 15 is 0 Å². The summed E-state index contributed by atoms with van der Waals surface area (Å²) >= 11 is 0. The standard InChI is InChI=1S/C12H14N4O/c1-8-4-9(12-16-14-7-17-12)2-3-11(8)15-10-5-13-6-10/h2-4,7,10,13,15H,5-6H2,1H3. The first-order chi connectivity index (χ1) is 8.33. The molecular weight excluding hydrogens is 216 g/mol. The number of nitrogens with one attached hydrogen (secondary N) is 2. The molecule has 2 aromatic rings. The maximum Gasteiger partial charge on any atom is 0.247 e. The lowest BCUT2D eigenvalue weighted by Crippen LogP contribution is -2.51. The van der Waals surface area contributed by atoms with Gasteiger partial charge in [0.1, 0.15) is 0 Å². The molecule has 2 heterocycles. The number of hydrogen-bond donors (Lipinski definition) is 2. The smallest absolute Gasteiger partial charge is 0.247 e. The molecule has 0 atom stereocenters. The molecule has 0 radical (unpaired) electrons. The number of aryl methyl sites for hydroxylation is 1. The molecule has 1 fully saturated rings. The molecule has 1 aliphatic heterocycles. The minimum atomic E-state index is 0.544. The molecule has 0 unspecified atom stereocenters. The number of nitrogens with zero attached hydrogens (tertiary/aromatic N) is 2. The molecule has 5 heteroatoms. The van der Waals surface area contributed by atoms with Gasteiger partial charge in [0.25, 0.3) is 0 Å². The fourth-order valence-electron chi connectivity index (χ4n) is 1.87. The quantitative estimate of drug-likeness (QED) is 0.835. The third-order valence-corrected chi connectivity index (χ3v) is 2.97. The lowest BCUT2D eigenvalue weighted by molar-refractivity contribution is 0.472. The topological polar surface area (TPSA) is 63.0 Å². The van der Waals surface area contributed by atoms with Gasteiger partial charge < -0.3 is 15.1 Å². The van der Waals surface area contributed by atoms with Crippen LogP contribution in [0.1, 0.15) is 5.56 Å². The third-order valence-electron chi connectivity index (χ3n) is 2.97. The Morgan fingerprint density at radius 2 is 2.29 bits per heavy atom. The molecule has 0 amide bonds. The molecule has 0 saturated carbocycles. The number of hydrogen-bond acceptors (Lipinski definition) is 5. The van der Waals surface area contributed by atoms with E-state index in [1.807, 2.05) is 6.07 Å². The van der Waals surface area contributed by atoms with Crippen molar-refractivity contribution in [1.29, 1.82) is 0 Å². The van der Waals surface area contributed by atoms with Gasteiger partial charge in [0, 0.05) is 24.3 Å². The van der Waals surface area contributed by atoms with Gasteiger partial charge in [-0.3, -0.25) is 0 Å². The van der Waals surface area contributed by atoms with Crippen molar-refractivity contribution >= 4 is 5.69 Å². The first kappa shape index (κ1) is 10.3. The summed E-state index contributed by atoms with van der Waals surface area (Å²) in [5, 5.41) is 14.3. The van der Waals surface area contributed by atoms with Crippen LogP contribution < -0.4 is 10.6 Å². The summed E-state index contributed by atoms with van der Waals surface area (Å²) in [6.45, 7) is 4.14. The van der Waals surface area contributed by atoms with Crippen molar-refractivity contribution in [3.63, 3.8) is 0 Å². The lowest BCUT2D eigenvalue weighted by Gasteiger charge is -2.29. The molecule has 2 N–H and O–H groups in total. The SMILES string of the molecule is Cc1cc(-c2nnco2)ccc1NC1CNC1. The zero-order valence-corrected chi connectivity index (χ0v) is 9.60. The molecule has 1 saturated heterocycles. The Balaban J connectivity index is 1.83. The van der Waals surface area contributed by atoms with Gasteiger partial charge in [-0.2, -0.15) is 0 Å². The van der Waals surface area contributed by atoms with Crippen molar-refractivity contribution in [2.75, 3.05) is 18.4 Å². The van der Waals surface area contributed by atoms with Gasteiger partial charge in [-0.15, -0.1) is 10.2 Å². The van der Waals surface area contributed by atoms with Gasteiger partial charge in [-0.25, -0.2) is 0 Å². The summed E-state index contributed by atoms with van der Waals surface area (Å²) in [5.41, 5.74) is 3.31. The second-order valence-corrected chi connectivity index (χ2v) is 4.27.